The van der Waals surface area contributed by atoms with Crippen LogP contribution in [0.2, 0.25) is 0 Å². The summed E-state index contributed by atoms with van der Waals surface area (Å²) in [5.74, 6) is -0.558. The number of hydrogen-bond donors (Lipinski definition) is 6. The minimum absolute atomic E-state index is 0.135. The lowest BCUT2D eigenvalue weighted by Crippen LogP contribution is -2.40. The lowest BCUT2D eigenvalue weighted by atomic mass is 9.94. The van der Waals surface area contributed by atoms with E-state index in [4.69, 9.17) is 9.79 Å². The molecule has 12 heteroatoms. The minimum Gasteiger partial charge on any atom is -0.389 e. The molecule has 1 fully saturated rings. The van der Waals surface area contributed by atoms with Crippen molar-refractivity contribution in [1.82, 2.24) is 15.3 Å². The van der Waals surface area contributed by atoms with E-state index in [1.165, 1.54) is 12.5 Å². The molecule has 2 aliphatic rings. The zero-order valence-corrected chi connectivity index (χ0v) is 12.5. The minimum atomic E-state index is -4.69. The molecule has 1 aromatic rings. The topological polar surface area (TPSA) is 177 Å². The largest absolute Gasteiger partial charge is 0.469 e. The van der Waals surface area contributed by atoms with Crippen molar-refractivity contribution in [2.75, 3.05) is 6.61 Å². The first kappa shape index (κ1) is 16.4. The van der Waals surface area contributed by atoms with Gasteiger partial charge >= 0.3 is 7.82 Å². The van der Waals surface area contributed by atoms with Gasteiger partial charge in [0, 0.05) is 12.3 Å². The van der Waals surface area contributed by atoms with Crippen LogP contribution >= 0.6 is 7.82 Å². The van der Waals surface area contributed by atoms with Gasteiger partial charge in [0.25, 0.3) is 5.56 Å². The SMILES string of the molecule is O=c1[nH]cnc2c1N=CC2[C@@H]1N[C@H](COP(=O)(O)O)[C@@H](O)[C@H]1O. The number of aliphatic hydroxyl groups is 2. The fourth-order valence-electron chi connectivity index (χ4n) is 2.80. The lowest BCUT2D eigenvalue weighted by molar-refractivity contribution is 0.0186. The summed E-state index contributed by atoms with van der Waals surface area (Å²) in [5.41, 5.74) is 0.0770. The Morgan fingerprint density at radius 3 is 2.74 bits per heavy atom. The standard InChI is InChI=1S/C11H15N4O7P/c16-9-5(2-22-23(19,20)21)15-7(10(9)17)4-1-12-8-6(4)13-3-14-11(8)18/h1,3-5,7,9-10,15-17H,2H2,(H,13,14,18)(H2,19,20,21)/t4?,5-,7+,9-,10+/m1/s1. The molecule has 0 saturated carbocycles. The zero-order valence-electron chi connectivity index (χ0n) is 11.6. The molecule has 0 spiro atoms. The van der Waals surface area contributed by atoms with Crippen molar-refractivity contribution in [1.29, 1.82) is 0 Å². The summed E-state index contributed by atoms with van der Waals surface area (Å²) in [6, 6.07) is -1.61. The molecule has 0 aliphatic carbocycles. The Morgan fingerprint density at radius 1 is 1.30 bits per heavy atom. The summed E-state index contributed by atoms with van der Waals surface area (Å²) < 4.78 is 15.1. The number of aliphatic hydroxyl groups excluding tert-OH is 2. The van der Waals surface area contributed by atoms with Crippen LogP contribution in [0.3, 0.4) is 0 Å². The smallest absolute Gasteiger partial charge is 0.389 e. The van der Waals surface area contributed by atoms with E-state index >= 15 is 0 Å². The molecule has 11 nitrogen and oxygen atoms in total. The molecule has 5 atom stereocenters. The Hall–Kier alpha value is -1.46. The molecule has 0 aromatic carbocycles. The second-order valence-corrected chi connectivity index (χ2v) is 6.58. The van der Waals surface area contributed by atoms with Crippen molar-refractivity contribution in [3.63, 3.8) is 0 Å². The molecule has 0 amide bonds. The first-order valence-electron chi connectivity index (χ1n) is 6.72. The van der Waals surface area contributed by atoms with Gasteiger partial charge in [-0.15, -0.1) is 0 Å². The third-order valence-corrected chi connectivity index (χ3v) is 4.37. The van der Waals surface area contributed by atoms with Crippen molar-refractivity contribution in [3.05, 3.63) is 22.4 Å². The number of aromatic nitrogens is 2. The van der Waals surface area contributed by atoms with Crippen molar-refractivity contribution < 1.29 is 29.1 Å². The van der Waals surface area contributed by atoms with E-state index in [1.807, 2.05) is 0 Å². The maximum Gasteiger partial charge on any atom is 0.469 e. The summed E-state index contributed by atoms with van der Waals surface area (Å²) in [5, 5.41) is 23.0. The van der Waals surface area contributed by atoms with Crippen LogP contribution in [-0.2, 0) is 9.09 Å². The van der Waals surface area contributed by atoms with E-state index in [2.05, 4.69) is 24.8 Å². The Labute approximate surface area is 129 Å². The normalized spacial score (nSPS) is 33.1. The van der Waals surface area contributed by atoms with Crippen LogP contribution < -0.4 is 10.9 Å². The van der Waals surface area contributed by atoms with Gasteiger partial charge in [0.1, 0.15) is 5.69 Å². The van der Waals surface area contributed by atoms with Crippen molar-refractivity contribution in [2.24, 2.45) is 4.99 Å². The Kier molecular flexibility index (Phi) is 4.19. The fourth-order valence-corrected chi connectivity index (χ4v) is 3.15. The van der Waals surface area contributed by atoms with Crippen LogP contribution in [0.15, 0.2) is 16.1 Å². The molecular weight excluding hydrogens is 331 g/mol. The predicted molar refractivity (Wildman–Crippen MR) is 76.5 cm³/mol. The van der Waals surface area contributed by atoms with Crippen LogP contribution in [0.1, 0.15) is 11.6 Å². The summed E-state index contributed by atoms with van der Waals surface area (Å²) in [6.45, 7) is -0.488. The second kappa shape index (κ2) is 5.87. The van der Waals surface area contributed by atoms with Crippen LogP contribution in [-0.4, -0.2) is 67.1 Å². The van der Waals surface area contributed by atoms with Gasteiger partial charge in [0.15, 0.2) is 0 Å². The van der Waals surface area contributed by atoms with Crippen molar-refractivity contribution >= 4 is 19.7 Å². The lowest BCUT2D eigenvalue weighted by Gasteiger charge is -2.20. The van der Waals surface area contributed by atoms with Gasteiger partial charge in [-0.1, -0.05) is 0 Å². The number of phosphoric acid groups is 1. The van der Waals surface area contributed by atoms with Crippen LogP contribution in [0.4, 0.5) is 5.69 Å². The summed E-state index contributed by atoms with van der Waals surface area (Å²) >= 11 is 0. The van der Waals surface area contributed by atoms with Gasteiger partial charge in [-0.3, -0.25) is 14.3 Å². The molecule has 2 aliphatic heterocycles. The highest BCUT2D eigenvalue weighted by Crippen LogP contribution is 2.38. The van der Waals surface area contributed by atoms with Gasteiger partial charge in [0.2, 0.25) is 0 Å². The van der Waals surface area contributed by atoms with E-state index < -0.39 is 50.2 Å². The van der Waals surface area contributed by atoms with Gasteiger partial charge < -0.3 is 30.3 Å². The second-order valence-electron chi connectivity index (χ2n) is 5.34. The number of rotatable bonds is 4. The van der Waals surface area contributed by atoms with E-state index in [0.29, 0.717) is 5.69 Å². The molecule has 1 unspecified atom stereocenters. The maximum absolute atomic E-state index is 11.6. The van der Waals surface area contributed by atoms with Crippen molar-refractivity contribution in [3.8, 4) is 0 Å². The summed E-state index contributed by atoms with van der Waals surface area (Å²) in [4.78, 5) is 39.5. The number of phosphoric ester groups is 1. The van der Waals surface area contributed by atoms with Gasteiger partial charge in [0.05, 0.1) is 42.8 Å². The van der Waals surface area contributed by atoms with Gasteiger partial charge in [-0.25, -0.2) is 9.55 Å². The highest BCUT2D eigenvalue weighted by Gasteiger charge is 2.47. The zero-order chi connectivity index (χ0) is 16.8. The molecule has 0 radical (unpaired) electrons. The number of fused-ring (bicyclic) bond motifs is 1. The number of nitrogens with zero attached hydrogens (tertiary/aromatic N) is 2. The Balaban J connectivity index is 1.78. The first-order chi connectivity index (χ1) is 10.8. The van der Waals surface area contributed by atoms with Crippen molar-refractivity contribution in [2.45, 2.75) is 30.2 Å². The molecule has 1 saturated heterocycles. The molecule has 0 bridgehead atoms. The molecule has 3 rings (SSSR count). The molecule has 1 aromatic heterocycles. The molecule has 6 N–H and O–H groups in total. The first-order valence-corrected chi connectivity index (χ1v) is 8.25. The molecule has 23 heavy (non-hydrogen) atoms. The fraction of sp³-hybridized carbons (Fsp3) is 0.545. The van der Waals surface area contributed by atoms with E-state index in [-0.39, 0.29) is 5.69 Å². The van der Waals surface area contributed by atoms with E-state index in [9.17, 15) is 19.6 Å². The number of aliphatic imine (C=N–C) groups is 1. The van der Waals surface area contributed by atoms with Crippen LogP contribution in [0.5, 0.6) is 0 Å². The highest BCUT2D eigenvalue weighted by molar-refractivity contribution is 7.46. The third-order valence-electron chi connectivity index (χ3n) is 3.88. The molecule has 3 heterocycles. The van der Waals surface area contributed by atoms with Crippen LogP contribution in [0, 0.1) is 0 Å². The Bertz CT molecular complexity index is 731. The summed E-state index contributed by atoms with van der Waals surface area (Å²) in [6.07, 6.45) is 0.108. The molecule has 126 valence electrons. The van der Waals surface area contributed by atoms with Crippen LogP contribution in [0.25, 0.3) is 0 Å². The number of aromatic amines is 1. The Morgan fingerprint density at radius 2 is 2.04 bits per heavy atom. The predicted octanol–water partition coefficient (Wildman–Crippen LogP) is -2.26. The maximum atomic E-state index is 11.6. The van der Waals surface area contributed by atoms with Gasteiger partial charge in [-0.2, -0.15) is 0 Å². The molecular formula is C11H15N4O7P. The average molecular weight is 346 g/mol. The number of nitrogens with one attached hydrogen (secondary N) is 2. The number of H-pyrrole nitrogens is 1. The summed E-state index contributed by atoms with van der Waals surface area (Å²) in [7, 11) is -4.69. The highest BCUT2D eigenvalue weighted by atomic mass is 31.2. The average Bonchev–Trinajstić information content (AvgIpc) is 3.01. The van der Waals surface area contributed by atoms with E-state index in [0.717, 1.165) is 0 Å². The van der Waals surface area contributed by atoms with E-state index in [1.54, 1.807) is 0 Å². The van der Waals surface area contributed by atoms with Gasteiger partial charge in [-0.05, 0) is 0 Å². The quantitative estimate of drug-likeness (QED) is 0.328. The monoisotopic (exact) mass is 346 g/mol. The number of hydrogen-bond acceptors (Lipinski definition) is 8. The third kappa shape index (κ3) is 3.12.